The van der Waals surface area contributed by atoms with E-state index in [9.17, 15) is 4.79 Å². The quantitative estimate of drug-likeness (QED) is 0.821. The number of nitrogens with one attached hydrogen (secondary N) is 1. The number of allylic oxidation sites excluding steroid dienone is 6. The first kappa shape index (κ1) is 14.0. The van der Waals surface area contributed by atoms with Crippen LogP contribution >= 0.6 is 0 Å². The number of rotatable bonds is 2. The second-order valence-electron chi connectivity index (χ2n) is 6.32. The molecule has 1 atom stereocenters. The number of benzene rings is 1. The summed E-state index contributed by atoms with van der Waals surface area (Å²) >= 11 is 0. The molecule has 23 heavy (non-hydrogen) atoms. The van der Waals surface area contributed by atoms with Gasteiger partial charge in [-0.25, -0.2) is 0 Å². The van der Waals surface area contributed by atoms with Gasteiger partial charge in [-0.15, -0.1) is 0 Å². The number of ketones is 1. The van der Waals surface area contributed by atoms with Crippen LogP contribution in [0.1, 0.15) is 30.4 Å². The minimum atomic E-state index is -0.119. The van der Waals surface area contributed by atoms with Crippen molar-refractivity contribution in [2.45, 2.75) is 19.3 Å². The lowest BCUT2D eigenvalue weighted by molar-refractivity contribution is -0.116. The van der Waals surface area contributed by atoms with Crippen molar-refractivity contribution in [3.05, 3.63) is 83.6 Å². The Balaban J connectivity index is 1.95. The van der Waals surface area contributed by atoms with Gasteiger partial charge in [-0.05, 0) is 35.1 Å². The zero-order valence-corrected chi connectivity index (χ0v) is 13.1. The summed E-state index contributed by atoms with van der Waals surface area (Å²) in [4.78, 5) is 12.6. The third kappa shape index (κ3) is 1.84. The largest absolute Gasteiger partial charge is 0.358 e. The topological polar surface area (TPSA) is 29.1 Å². The van der Waals surface area contributed by atoms with Crippen LogP contribution in [0, 0.1) is 5.92 Å². The standard InChI is InChI=1S/C21H19NO/c1-4-12(2)18-19-13(3)14-8-5-6-9-15(14)21(19)22-16-10-7-11-17(23)20(16)18/h4-6,8-9,18,22H,1-3,7,10-11H2. The predicted molar refractivity (Wildman–Crippen MR) is 94.2 cm³/mol. The number of fused-ring (bicyclic) bond motifs is 2. The van der Waals surface area contributed by atoms with Gasteiger partial charge >= 0.3 is 0 Å². The van der Waals surface area contributed by atoms with Crippen LogP contribution < -0.4 is 5.32 Å². The van der Waals surface area contributed by atoms with Gasteiger partial charge in [0.25, 0.3) is 0 Å². The minimum Gasteiger partial charge on any atom is -0.358 e. The van der Waals surface area contributed by atoms with E-state index in [1.807, 2.05) is 12.1 Å². The summed E-state index contributed by atoms with van der Waals surface area (Å²) in [6.45, 7) is 12.4. The SMILES string of the molecule is C=CC(=C)C1C2=C(CCCC2=O)NC2=C1C(=C)c1ccccc12. The summed E-state index contributed by atoms with van der Waals surface area (Å²) < 4.78 is 0. The molecule has 1 heterocycles. The number of carbonyl (C=O) groups is 1. The molecular weight excluding hydrogens is 282 g/mol. The van der Waals surface area contributed by atoms with E-state index in [1.165, 1.54) is 5.56 Å². The van der Waals surface area contributed by atoms with Crippen LogP contribution in [-0.4, -0.2) is 5.78 Å². The molecule has 2 nitrogen and oxygen atoms in total. The molecule has 1 aliphatic heterocycles. The van der Waals surface area contributed by atoms with Crippen LogP contribution in [0.3, 0.4) is 0 Å². The maximum atomic E-state index is 12.6. The van der Waals surface area contributed by atoms with Crippen LogP contribution in [0.25, 0.3) is 11.3 Å². The monoisotopic (exact) mass is 301 g/mol. The lowest BCUT2D eigenvalue weighted by atomic mass is 9.74. The van der Waals surface area contributed by atoms with Crippen molar-refractivity contribution < 1.29 is 4.79 Å². The molecule has 0 aromatic heterocycles. The van der Waals surface area contributed by atoms with Gasteiger partial charge in [0.15, 0.2) is 5.78 Å². The van der Waals surface area contributed by atoms with Gasteiger partial charge < -0.3 is 5.32 Å². The molecule has 1 aromatic carbocycles. The van der Waals surface area contributed by atoms with Gasteiger partial charge in [-0.3, -0.25) is 4.79 Å². The first-order chi connectivity index (χ1) is 11.1. The van der Waals surface area contributed by atoms with Gasteiger partial charge in [0.1, 0.15) is 0 Å². The highest BCUT2D eigenvalue weighted by Gasteiger charge is 2.40. The van der Waals surface area contributed by atoms with Gasteiger partial charge in [0.2, 0.25) is 0 Å². The summed E-state index contributed by atoms with van der Waals surface area (Å²) in [6, 6.07) is 8.27. The van der Waals surface area contributed by atoms with Crippen LogP contribution in [0.5, 0.6) is 0 Å². The molecule has 0 saturated carbocycles. The van der Waals surface area contributed by atoms with E-state index < -0.39 is 0 Å². The smallest absolute Gasteiger partial charge is 0.161 e. The minimum absolute atomic E-state index is 0.119. The number of hydrogen-bond donors (Lipinski definition) is 1. The van der Waals surface area contributed by atoms with E-state index in [0.717, 1.165) is 52.1 Å². The maximum Gasteiger partial charge on any atom is 0.161 e. The van der Waals surface area contributed by atoms with Crippen LogP contribution in [0.4, 0.5) is 0 Å². The van der Waals surface area contributed by atoms with Gasteiger partial charge in [-0.2, -0.15) is 0 Å². The van der Waals surface area contributed by atoms with Crippen LogP contribution in [-0.2, 0) is 4.79 Å². The van der Waals surface area contributed by atoms with Gasteiger partial charge in [0.05, 0.1) is 5.70 Å². The molecule has 1 N–H and O–H groups in total. The molecule has 2 heteroatoms. The Hall–Kier alpha value is -2.61. The van der Waals surface area contributed by atoms with Crippen molar-refractivity contribution in [2.75, 3.05) is 0 Å². The highest BCUT2D eigenvalue weighted by Crippen LogP contribution is 2.51. The Morgan fingerprint density at radius 3 is 2.65 bits per heavy atom. The Morgan fingerprint density at radius 2 is 1.91 bits per heavy atom. The van der Waals surface area contributed by atoms with Crippen LogP contribution in [0.2, 0.25) is 0 Å². The molecule has 0 fully saturated rings. The average Bonchev–Trinajstić information content (AvgIpc) is 2.86. The summed E-state index contributed by atoms with van der Waals surface area (Å²) in [5.41, 5.74) is 8.26. The predicted octanol–water partition coefficient (Wildman–Crippen LogP) is 4.39. The Kier molecular flexibility index (Phi) is 3.02. The number of carbonyl (C=O) groups excluding carboxylic acids is 1. The summed E-state index contributed by atoms with van der Waals surface area (Å²) in [5, 5.41) is 3.55. The van der Waals surface area contributed by atoms with Gasteiger partial charge in [0, 0.05) is 29.2 Å². The van der Waals surface area contributed by atoms with E-state index >= 15 is 0 Å². The maximum absolute atomic E-state index is 12.6. The van der Waals surface area contributed by atoms with Crippen LogP contribution in [0.15, 0.2) is 72.5 Å². The Bertz CT molecular complexity index is 850. The first-order valence-electron chi connectivity index (χ1n) is 8.01. The molecule has 0 spiro atoms. The van der Waals surface area contributed by atoms with Gasteiger partial charge in [-0.1, -0.05) is 50.1 Å². The molecular formula is C21H19NO. The fraction of sp³-hybridized carbons (Fsp3) is 0.190. The highest BCUT2D eigenvalue weighted by atomic mass is 16.1. The number of hydrogen-bond acceptors (Lipinski definition) is 2. The summed E-state index contributed by atoms with van der Waals surface area (Å²) in [6.07, 6.45) is 4.20. The van der Waals surface area contributed by atoms with E-state index in [4.69, 9.17) is 0 Å². The van der Waals surface area contributed by atoms with E-state index in [-0.39, 0.29) is 11.7 Å². The number of dihydropyridines is 1. The van der Waals surface area contributed by atoms with E-state index in [1.54, 1.807) is 6.08 Å². The summed E-state index contributed by atoms with van der Waals surface area (Å²) in [5.74, 6) is 0.105. The Labute approximate surface area is 136 Å². The first-order valence-corrected chi connectivity index (χ1v) is 8.01. The molecule has 1 unspecified atom stereocenters. The second kappa shape index (κ2) is 4.95. The molecule has 2 aliphatic carbocycles. The van der Waals surface area contributed by atoms with E-state index in [0.29, 0.717) is 6.42 Å². The van der Waals surface area contributed by atoms with Crippen molar-refractivity contribution in [1.82, 2.24) is 5.32 Å². The average molecular weight is 301 g/mol. The normalized spacial score (nSPS) is 22.3. The third-order valence-electron chi connectivity index (χ3n) is 5.06. The molecule has 4 rings (SSSR count). The zero-order chi connectivity index (χ0) is 16.1. The fourth-order valence-electron chi connectivity index (χ4n) is 3.97. The molecule has 0 bridgehead atoms. The van der Waals surface area contributed by atoms with Crippen molar-refractivity contribution >= 4 is 17.1 Å². The molecule has 0 amide bonds. The van der Waals surface area contributed by atoms with Crippen molar-refractivity contribution in [3.8, 4) is 0 Å². The lowest BCUT2D eigenvalue weighted by Gasteiger charge is -2.34. The van der Waals surface area contributed by atoms with Crippen molar-refractivity contribution in [3.63, 3.8) is 0 Å². The summed E-state index contributed by atoms with van der Waals surface area (Å²) in [7, 11) is 0. The molecule has 0 saturated heterocycles. The van der Waals surface area contributed by atoms with Crippen molar-refractivity contribution in [1.29, 1.82) is 0 Å². The molecule has 1 aromatic rings. The van der Waals surface area contributed by atoms with Crippen molar-refractivity contribution in [2.24, 2.45) is 5.92 Å². The highest BCUT2D eigenvalue weighted by molar-refractivity contribution is 6.07. The Morgan fingerprint density at radius 1 is 1.17 bits per heavy atom. The third-order valence-corrected chi connectivity index (χ3v) is 5.06. The lowest BCUT2D eigenvalue weighted by Crippen LogP contribution is -2.32. The fourth-order valence-corrected chi connectivity index (χ4v) is 3.97. The number of Topliss-reactive ketones (excluding diaryl/α,β-unsaturated/α-hetero) is 1. The molecule has 114 valence electrons. The molecule has 0 radical (unpaired) electrons. The van der Waals surface area contributed by atoms with E-state index in [2.05, 4.69) is 37.2 Å². The second-order valence-corrected chi connectivity index (χ2v) is 6.32. The zero-order valence-electron chi connectivity index (χ0n) is 13.1. The molecule has 3 aliphatic rings.